The van der Waals surface area contributed by atoms with Crippen molar-refractivity contribution in [3.05, 3.63) is 59.4 Å². The fourth-order valence-corrected chi connectivity index (χ4v) is 3.97. The van der Waals surface area contributed by atoms with Crippen LogP contribution in [0.2, 0.25) is 0 Å². The predicted octanol–water partition coefficient (Wildman–Crippen LogP) is 2.50. The van der Waals surface area contributed by atoms with E-state index in [0.717, 1.165) is 43.3 Å². The number of aliphatic hydroxyl groups is 1. The number of hydrogen-bond acceptors (Lipinski definition) is 5. The second kappa shape index (κ2) is 9.45. The molecule has 0 aromatic heterocycles. The van der Waals surface area contributed by atoms with E-state index in [2.05, 4.69) is 0 Å². The van der Waals surface area contributed by atoms with Crippen molar-refractivity contribution in [3.63, 3.8) is 0 Å². The fraction of sp³-hybridized carbons (Fsp3) is 0.222. The standard InChI is InChI=1S/C18H14F4N2O4S.Na/c1-17(26,10-29(27,28)14-6-3-12(19)4-7-14)16(25)24-13-5-2-11(9-23)15(8-13)18(20,21)22;/h2-8,26H,10H2,1H3,(H,24,25);. The zero-order chi connectivity index (χ0) is 22.0. The summed E-state index contributed by atoms with van der Waals surface area (Å²) in [6, 6.07) is 7.40. The average Bonchev–Trinajstić information content (AvgIpc) is 2.60. The Morgan fingerprint density at radius 2 is 1.73 bits per heavy atom. The van der Waals surface area contributed by atoms with Gasteiger partial charge in [0.15, 0.2) is 15.4 Å². The van der Waals surface area contributed by atoms with E-state index >= 15 is 0 Å². The van der Waals surface area contributed by atoms with Gasteiger partial charge in [-0.3, -0.25) is 4.79 Å². The monoisotopic (exact) mass is 453 g/mol. The van der Waals surface area contributed by atoms with Crippen LogP contribution in [0.4, 0.5) is 23.2 Å². The molecule has 0 aliphatic rings. The summed E-state index contributed by atoms with van der Waals surface area (Å²) in [4.78, 5) is 11.9. The van der Waals surface area contributed by atoms with Crippen LogP contribution < -0.4 is 5.32 Å². The molecule has 2 rings (SSSR count). The van der Waals surface area contributed by atoms with Crippen molar-refractivity contribution in [2.24, 2.45) is 0 Å². The van der Waals surface area contributed by atoms with Gasteiger partial charge >= 0.3 is 6.18 Å². The van der Waals surface area contributed by atoms with Crippen LogP contribution in [0.5, 0.6) is 0 Å². The van der Waals surface area contributed by atoms with Gasteiger partial charge in [0.25, 0.3) is 5.91 Å². The summed E-state index contributed by atoms with van der Waals surface area (Å²) in [5, 5.41) is 21.1. The molecule has 0 spiro atoms. The molecule has 155 valence electrons. The molecule has 1 unspecified atom stereocenters. The Labute approximate surface area is 191 Å². The molecule has 0 bridgehead atoms. The number of anilines is 1. The minimum Gasteiger partial charge on any atom is -0.379 e. The van der Waals surface area contributed by atoms with Gasteiger partial charge in [-0.1, -0.05) is 0 Å². The van der Waals surface area contributed by atoms with Gasteiger partial charge in [0.2, 0.25) is 0 Å². The van der Waals surface area contributed by atoms with Gasteiger partial charge in [0.05, 0.1) is 27.8 Å². The fourth-order valence-electron chi connectivity index (χ4n) is 2.38. The number of halogens is 4. The normalized spacial score (nSPS) is 13.5. The molecule has 0 saturated heterocycles. The van der Waals surface area contributed by atoms with Gasteiger partial charge in [-0.05, 0) is 49.4 Å². The van der Waals surface area contributed by atoms with Gasteiger partial charge in [-0.15, -0.1) is 0 Å². The number of sulfone groups is 1. The number of carbonyl (C=O) groups is 1. The third-order valence-electron chi connectivity index (χ3n) is 3.84. The van der Waals surface area contributed by atoms with E-state index in [0.29, 0.717) is 6.07 Å². The molecular weight excluding hydrogens is 439 g/mol. The Bertz CT molecular complexity index is 1080. The maximum Gasteiger partial charge on any atom is 0.417 e. The number of amides is 1. The van der Waals surface area contributed by atoms with Crippen LogP contribution in [0.25, 0.3) is 0 Å². The van der Waals surface area contributed by atoms with Crippen LogP contribution in [-0.4, -0.2) is 60.3 Å². The van der Waals surface area contributed by atoms with Crippen molar-refractivity contribution in [1.29, 1.82) is 5.26 Å². The molecular formula is C18H14F4N2NaO4S. The van der Waals surface area contributed by atoms with Crippen LogP contribution in [0.3, 0.4) is 0 Å². The maximum atomic E-state index is 13.0. The number of nitrogens with zero attached hydrogens (tertiary/aromatic N) is 1. The predicted molar refractivity (Wildman–Crippen MR) is 99.6 cm³/mol. The van der Waals surface area contributed by atoms with Crippen LogP contribution >= 0.6 is 0 Å². The molecule has 1 radical (unpaired) electrons. The van der Waals surface area contributed by atoms with Crippen LogP contribution in [0.15, 0.2) is 47.4 Å². The molecule has 2 N–H and O–H groups in total. The van der Waals surface area contributed by atoms with E-state index in [9.17, 15) is 35.9 Å². The third kappa shape index (κ3) is 6.26. The molecule has 0 aliphatic carbocycles. The smallest absolute Gasteiger partial charge is 0.379 e. The average molecular weight is 453 g/mol. The van der Waals surface area contributed by atoms with Crippen molar-refractivity contribution in [3.8, 4) is 6.07 Å². The molecule has 2 aromatic rings. The summed E-state index contributed by atoms with van der Waals surface area (Å²) in [5.74, 6) is -3.06. The first kappa shape index (κ1) is 26.1. The van der Waals surface area contributed by atoms with Crippen molar-refractivity contribution in [1.82, 2.24) is 0 Å². The molecule has 0 fully saturated rings. The number of rotatable bonds is 5. The topological polar surface area (TPSA) is 107 Å². The molecule has 6 nitrogen and oxygen atoms in total. The van der Waals surface area contributed by atoms with Crippen molar-refractivity contribution >= 4 is 51.0 Å². The second-order valence-corrected chi connectivity index (χ2v) is 8.30. The first-order valence-corrected chi connectivity index (χ1v) is 9.55. The van der Waals surface area contributed by atoms with E-state index in [1.807, 2.05) is 5.32 Å². The Morgan fingerprint density at radius 3 is 2.23 bits per heavy atom. The number of nitrogens with one attached hydrogen (secondary N) is 1. The molecule has 1 atom stereocenters. The SMILES string of the molecule is CC(O)(CS(=O)(=O)c1ccc(F)cc1)C(=O)Nc1ccc(C#N)c(C(F)(F)F)c1.[Na]. The van der Waals surface area contributed by atoms with Gasteiger partial charge < -0.3 is 10.4 Å². The molecule has 0 heterocycles. The van der Waals surface area contributed by atoms with E-state index in [4.69, 9.17) is 5.26 Å². The molecule has 1 amide bonds. The van der Waals surface area contributed by atoms with E-state index in [1.54, 1.807) is 0 Å². The molecule has 2 aromatic carbocycles. The summed E-state index contributed by atoms with van der Waals surface area (Å²) in [5.41, 5.74) is -4.86. The number of alkyl halides is 3. The third-order valence-corrected chi connectivity index (χ3v) is 5.77. The molecule has 12 heteroatoms. The second-order valence-electron chi connectivity index (χ2n) is 6.31. The molecule has 0 saturated carbocycles. The summed E-state index contributed by atoms with van der Waals surface area (Å²) in [7, 11) is -4.21. The van der Waals surface area contributed by atoms with Crippen LogP contribution in [0, 0.1) is 17.1 Å². The van der Waals surface area contributed by atoms with Crippen molar-refractivity contribution in [2.45, 2.75) is 23.6 Å². The van der Waals surface area contributed by atoms with Crippen LogP contribution in [0.1, 0.15) is 18.1 Å². The van der Waals surface area contributed by atoms with Crippen molar-refractivity contribution < 1.29 is 35.9 Å². The number of hydrogen-bond donors (Lipinski definition) is 2. The molecule has 0 aliphatic heterocycles. The Balaban J connectivity index is 0.00000450. The zero-order valence-electron chi connectivity index (χ0n) is 15.8. The molecule has 30 heavy (non-hydrogen) atoms. The summed E-state index contributed by atoms with van der Waals surface area (Å²) in [6.45, 7) is 0.873. The minimum absolute atomic E-state index is 0. The maximum absolute atomic E-state index is 13.0. The first-order chi connectivity index (χ1) is 13.3. The number of nitriles is 1. The quantitative estimate of drug-likeness (QED) is 0.411. The minimum atomic E-state index is -4.86. The summed E-state index contributed by atoms with van der Waals surface area (Å²) < 4.78 is 76.6. The zero-order valence-corrected chi connectivity index (χ0v) is 18.6. The van der Waals surface area contributed by atoms with Gasteiger partial charge in [0, 0.05) is 35.2 Å². The summed E-state index contributed by atoms with van der Waals surface area (Å²) >= 11 is 0. The largest absolute Gasteiger partial charge is 0.417 e. The number of benzene rings is 2. The van der Waals surface area contributed by atoms with Gasteiger partial charge in [-0.2, -0.15) is 18.4 Å². The van der Waals surface area contributed by atoms with Crippen LogP contribution in [-0.2, 0) is 20.8 Å². The Morgan fingerprint density at radius 1 is 1.17 bits per heavy atom. The first-order valence-electron chi connectivity index (χ1n) is 7.90. The van der Waals surface area contributed by atoms with E-state index in [1.165, 1.54) is 6.07 Å². The van der Waals surface area contributed by atoms with Gasteiger partial charge in [0.1, 0.15) is 5.82 Å². The number of carbonyl (C=O) groups excluding carboxylic acids is 1. The Kier molecular flexibility index (Phi) is 8.21. The summed E-state index contributed by atoms with van der Waals surface area (Å²) in [6.07, 6.45) is -4.86. The Hall–Kier alpha value is -1.97. The van der Waals surface area contributed by atoms with Gasteiger partial charge in [-0.25, -0.2) is 12.8 Å². The van der Waals surface area contributed by atoms with E-state index in [-0.39, 0.29) is 40.1 Å². The van der Waals surface area contributed by atoms with Crippen molar-refractivity contribution in [2.75, 3.05) is 11.1 Å². The van der Waals surface area contributed by atoms with E-state index < -0.39 is 50.2 Å².